The van der Waals surface area contributed by atoms with Crippen LogP contribution in [0.25, 0.3) is 43.5 Å². The highest BCUT2D eigenvalue weighted by atomic mass is 16.5. The van der Waals surface area contributed by atoms with E-state index in [2.05, 4.69) is 46.4 Å². The number of fused-ring (bicyclic) bond motifs is 7. The molecule has 3 aromatic carbocycles. The Morgan fingerprint density at radius 2 is 1.70 bits per heavy atom. The number of H-pyrrole nitrogens is 1. The van der Waals surface area contributed by atoms with Gasteiger partial charge in [-0.05, 0) is 23.6 Å². The molecule has 0 spiro atoms. The number of ether oxygens (including phenoxy) is 1. The molecule has 5 rings (SSSR count). The summed E-state index contributed by atoms with van der Waals surface area (Å²) >= 11 is 0. The number of aromatic amines is 1. The molecule has 2 heterocycles. The summed E-state index contributed by atoms with van der Waals surface area (Å²) in [4.78, 5) is 8.23. The summed E-state index contributed by atoms with van der Waals surface area (Å²) in [6.45, 7) is 0. The number of rotatable bonds is 1. The van der Waals surface area contributed by atoms with Gasteiger partial charge in [0.05, 0.1) is 23.7 Å². The fourth-order valence-electron chi connectivity index (χ4n) is 3.39. The molecule has 0 saturated heterocycles. The second-order valence-corrected chi connectivity index (χ2v) is 5.76. The lowest BCUT2D eigenvalue weighted by molar-refractivity contribution is 0.415. The molecule has 0 amide bonds. The molecular weight excluding hydrogens is 284 g/mol. The zero-order valence-electron chi connectivity index (χ0n) is 12.6. The number of benzene rings is 3. The Morgan fingerprint density at radius 3 is 2.61 bits per heavy atom. The summed E-state index contributed by atoms with van der Waals surface area (Å²) in [5.74, 6) is 0.843. The van der Waals surface area contributed by atoms with Crippen molar-refractivity contribution in [2.75, 3.05) is 7.11 Å². The number of pyridine rings is 1. The van der Waals surface area contributed by atoms with Crippen molar-refractivity contribution in [3.8, 4) is 5.75 Å². The Balaban J connectivity index is 2.01. The van der Waals surface area contributed by atoms with Crippen molar-refractivity contribution in [2.24, 2.45) is 0 Å². The van der Waals surface area contributed by atoms with Crippen molar-refractivity contribution in [3.63, 3.8) is 0 Å². The van der Waals surface area contributed by atoms with Gasteiger partial charge in [0.15, 0.2) is 0 Å². The molecule has 1 N–H and O–H groups in total. The maximum Gasteiger partial charge on any atom is 0.119 e. The average molecular weight is 298 g/mol. The van der Waals surface area contributed by atoms with E-state index in [1.807, 2.05) is 24.4 Å². The van der Waals surface area contributed by atoms with Crippen LogP contribution in [0.5, 0.6) is 5.75 Å². The summed E-state index contributed by atoms with van der Waals surface area (Å²) in [6, 6.07) is 18.8. The van der Waals surface area contributed by atoms with Crippen LogP contribution >= 0.6 is 0 Å². The van der Waals surface area contributed by atoms with Crippen LogP contribution in [0.15, 0.2) is 60.8 Å². The van der Waals surface area contributed by atoms with Gasteiger partial charge in [0.1, 0.15) is 5.75 Å². The average Bonchev–Trinajstić information content (AvgIpc) is 3.01. The van der Waals surface area contributed by atoms with Gasteiger partial charge in [-0.3, -0.25) is 4.98 Å². The van der Waals surface area contributed by atoms with E-state index in [0.717, 1.165) is 33.1 Å². The first-order chi connectivity index (χ1) is 11.3. The number of nitrogens with one attached hydrogen (secondary N) is 1. The van der Waals surface area contributed by atoms with Crippen molar-refractivity contribution >= 4 is 43.5 Å². The zero-order valence-corrected chi connectivity index (χ0v) is 12.6. The van der Waals surface area contributed by atoms with Crippen LogP contribution in [0.4, 0.5) is 0 Å². The van der Waals surface area contributed by atoms with Crippen LogP contribution in [0, 0.1) is 0 Å². The topological polar surface area (TPSA) is 37.9 Å². The SMILES string of the molecule is COc1ccc2ncc3c4ccc5ccccc5c4[nH]c3c2c1. The largest absolute Gasteiger partial charge is 0.497 e. The van der Waals surface area contributed by atoms with Gasteiger partial charge in [0.2, 0.25) is 0 Å². The lowest BCUT2D eigenvalue weighted by Gasteiger charge is -2.02. The molecular formula is C20H14N2O. The van der Waals surface area contributed by atoms with Gasteiger partial charge >= 0.3 is 0 Å². The van der Waals surface area contributed by atoms with Crippen molar-refractivity contribution in [3.05, 3.63) is 60.8 Å². The van der Waals surface area contributed by atoms with Crippen molar-refractivity contribution in [1.29, 1.82) is 0 Å². The third-order valence-electron chi connectivity index (χ3n) is 4.54. The predicted molar refractivity (Wildman–Crippen MR) is 95.2 cm³/mol. The lowest BCUT2D eigenvalue weighted by Crippen LogP contribution is -1.85. The third kappa shape index (κ3) is 1.67. The normalized spacial score (nSPS) is 11.7. The molecule has 0 aliphatic heterocycles. The highest BCUT2D eigenvalue weighted by molar-refractivity contribution is 6.21. The standard InChI is InChI=1S/C20H14N2O/c1-23-13-7-9-18-16(10-13)20-17(11-21-18)15-8-6-12-4-2-3-5-14(12)19(15)22-20/h2-11,22H,1H3. The maximum atomic E-state index is 5.37. The van der Waals surface area contributed by atoms with Crippen LogP contribution in [0.2, 0.25) is 0 Å². The molecule has 3 heteroatoms. The lowest BCUT2D eigenvalue weighted by atomic mass is 10.1. The van der Waals surface area contributed by atoms with E-state index < -0.39 is 0 Å². The minimum Gasteiger partial charge on any atom is -0.497 e. The number of hydrogen-bond acceptors (Lipinski definition) is 2. The molecule has 0 unspecified atom stereocenters. The van der Waals surface area contributed by atoms with Crippen LogP contribution in [-0.4, -0.2) is 17.1 Å². The fraction of sp³-hybridized carbons (Fsp3) is 0.0500. The summed E-state index contributed by atoms with van der Waals surface area (Å²) in [5.41, 5.74) is 3.24. The molecule has 23 heavy (non-hydrogen) atoms. The van der Waals surface area contributed by atoms with Gasteiger partial charge in [0.25, 0.3) is 0 Å². The first kappa shape index (κ1) is 12.5. The zero-order chi connectivity index (χ0) is 15.4. The number of aromatic nitrogens is 2. The van der Waals surface area contributed by atoms with Gasteiger partial charge in [-0.25, -0.2) is 0 Å². The van der Waals surface area contributed by atoms with E-state index in [-0.39, 0.29) is 0 Å². The minimum absolute atomic E-state index is 0.843. The summed E-state index contributed by atoms with van der Waals surface area (Å²) in [5, 5.41) is 5.91. The van der Waals surface area contributed by atoms with E-state index in [9.17, 15) is 0 Å². The Bertz CT molecular complexity index is 1200. The summed E-state index contributed by atoms with van der Waals surface area (Å²) in [6.07, 6.45) is 1.96. The molecule has 3 nitrogen and oxygen atoms in total. The number of nitrogens with zero attached hydrogens (tertiary/aromatic N) is 1. The molecule has 0 radical (unpaired) electrons. The van der Waals surface area contributed by atoms with E-state index in [1.54, 1.807) is 7.11 Å². The molecule has 0 saturated carbocycles. The van der Waals surface area contributed by atoms with E-state index >= 15 is 0 Å². The van der Waals surface area contributed by atoms with Gasteiger partial charge in [-0.1, -0.05) is 36.4 Å². The molecule has 5 aromatic rings. The Labute approximate surface area is 132 Å². The molecule has 2 aromatic heterocycles. The first-order valence-corrected chi connectivity index (χ1v) is 7.61. The van der Waals surface area contributed by atoms with Crippen molar-refractivity contribution < 1.29 is 4.74 Å². The first-order valence-electron chi connectivity index (χ1n) is 7.61. The van der Waals surface area contributed by atoms with Crippen molar-refractivity contribution in [2.45, 2.75) is 0 Å². The second kappa shape index (κ2) is 4.46. The predicted octanol–water partition coefficient (Wildman–Crippen LogP) is 5.03. The second-order valence-electron chi connectivity index (χ2n) is 5.76. The highest BCUT2D eigenvalue weighted by Crippen LogP contribution is 2.34. The molecule has 0 fully saturated rings. The van der Waals surface area contributed by atoms with Crippen LogP contribution in [0.3, 0.4) is 0 Å². The molecule has 0 aliphatic carbocycles. The Hall–Kier alpha value is -3.07. The van der Waals surface area contributed by atoms with Gasteiger partial charge in [-0.2, -0.15) is 0 Å². The highest BCUT2D eigenvalue weighted by Gasteiger charge is 2.11. The van der Waals surface area contributed by atoms with Gasteiger partial charge in [-0.15, -0.1) is 0 Å². The van der Waals surface area contributed by atoms with Crippen LogP contribution in [-0.2, 0) is 0 Å². The summed E-state index contributed by atoms with van der Waals surface area (Å²) < 4.78 is 5.37. The fourth-order valence-corrected chi connectivity index (χ4v) is 3.39. The third-order valence-corrected chi connectivity index (χ3v) is 4.54. The minimum atomic E-state index is 0.843. The Morgan fingerprint density at radius 1 is 0.826 bits per heavy atom. The van der Waals surface area contributed by atoms with E-state index in [1.165, 1.54) is 16.2 Å². The molecule has 0 aliphatic rings. The smallest absolute Gasteiger partial charge is 0.119 e. The van der Waals surface area contributed by atoms with Gasteiger partial charge in [0, 0.05) is 27.7 Å². The van der Waals surface area contributed by atoms with Gasteiger partial charge < -0.3 is 9.72 Å². The number of hydrogen-bond donors (Lipinski definition) is 1. The maximum absolute atomic E-state index is 5.37. The number of methoxy groups -OCH3 is 1. The summed E-state index contributed by atoms with van der Waals surface area (Å²) in [7, 11) is 1.69. The van der Waals surface area contributed by atoms with E-state index in [0.29, 0.717) is 0 Å². The van der Waals surface area contributed by atoms with Crippen LogP contribution in [0.1, 0.15) is 0 Å². The monoisotopic (exact) mass is 298 g/mol. The quantitative estimate of drug-likeness (QED) is 0.471. The van der Waals surface area contributed by atoms with Crippen molar-refractivity contribution in [1.82, 2.24) is 9.97 Å². The molecule has 110 valence electrons. The van der Waals surface area contributed by atoms with E-state index in [4.69, 9.17) is 4.74 Å². The van der Waals surface area contributed by atoms with Crippen LogP contribution < -0.4 is 4.74 Å². The Kier molecular flexibility index (Phi) is 2.42. The molecule has 0 bridgehead atoms. The molecule has 0 atom stereocenters.